The van der Waals surface area contributed by atoms with Crippen molar-refractivity contribution in [1.29, 1.82) is 0 Å². The summed E-state index contributed by atoms with van der Waals surface area (Å²) < 4.78 is 13.2. The van der Waals surface area contributed by atoms with E-state index in [1.165, 1.54) is 5.56 Å². The summed E-state index contributed by atoms with van der Waals surface area (Å²) in [5.74, 6) is 1.56. The second-order valence-corrected chi connectivity index (χ2v) is 9.10. The van der Waals surface area contributed by atoms with Gasteiger partial charge in [0.25, 0.3) is 0 Å². The molecule has 0 bridgehead atoms. The minimum atomic E-state index is -0.124. The molecular weight excluding hydrogens is 420 g/mol. The molecule has 0 saturated heterocycles. The average molecular weight is 447 g/mol. The molecule has 0 saturated carbocycles. The number of carbonyl (C=O) groups excluding carboxylic acids is 1. The SMILES string of the molecule is COc1cc2c(cc1OC)C(c1cccs1)N(C(=O)Cc1cn(C)c3ccccc13)CC2. The van der Waals surface area contributed by atoms with E-state index in [9.17, 15) is 4.79 Å². The Kier molecular flexibility index (Phi) is 5.39. The van der Waals surface area contributed by atoms with Gasteiger partial charge in [0.05, 0.1) is 26.7 Å². The van der Waals surface area contributed by atoms with E-state index in [0.29, 0.717) is 18.7 Å². The van der Waals surface area contributed by atoms with E-state index in [-0.39, 0.29) is 11.9 Å². The zero-order valence-corrected chi connectivity index (χ0v) is 19.3. The summed E-state index contributed by atoms with van der Waals surface area (Å²) in [7, 11) is 5.34. The highest BCUT2D eigenvalue weighted by atomic mass is 32.1. The van der Waals surface area contributed by atoms with Crippen LogP contribution in [0.15, 0.2) is 60.1 Å². The van der Waals surface area contributed by atoms with Crippen molar-refractivity contribution < 1.29 is 14.3 Å². The van der Waals surface area contributed by atoms with Gasteiger partial charge in [0.15, 0.2) is 11.5 Å². The Bertz CT molecular complexity index is 1280. The molecule has 164 valence electrons. The molecule has 1 unspecified atom stereocenters. The van der Waals surface area contributed by atoms with Gasteiger partial charge in [-0.25, -0.2) is 0 Å². The van der Waals surface area contributed by atoms with Crippen LogP contribution in [0.2, 0.25) is 0 Å². The molecule has 1 amide bonds. The third-order valence-electron chi connectivity index (χ3n) is 6.33. The molecule has 1 aliphatic heterocycles. The van der Waals surface area contributed by atoms with Crippen molar-refractivity contribution in [3.05, 3.63) is 81.7 Å². The molecule has 2 aromatic carbocycles. The van der Waals surface area contributed by atoms with Crippen molar-refractivity contribution in [2.75, 3.05) is 20.8 Å². The minimum Gasteiger partial charge on any atom is -0.493 e. The van der Waals surface area contributed by atoms with Gasteiger partial charge in [-0.3, -0.25) is 4.79 Å². The van der Waals surface area contributed by atoms with Crippen molar-refractivity contribution in [3.8, 4) is 11.5 Å². The Morgan fingerprint density at radius 1 is 1.09 bits per heavy atom. The normalized spacial score (nSPS) is 15.6. The molecule has 0 fully saturated rings. The molecule has 0 aliphatic carbocycles. The predicted octanol–water partition coefficient (Wildman–Crippen LogP) is 4.97. The van der Waals surface area contributed by atoms with Crippen molar-refractivity contribution >= 4 is 28.1 Å². The minimum absolute atomic E-state index is 0.124. The Morgan fingerprint density at radius 2 is 1.88 bits per heavy atom. The first kappa shape index (κ1) is 20.6. The van der Waals surface area contributed by atoms with Gasteiger partial charge in [-0.05, 0) is 52.8 Å². The van der Waals surface area contributed by atoms with Gasteiger partial charge in [0.2, 0.25) is 5.91 Å². The van der Waals surface area contributed by atoms with Crippen molar-refractivity contribution in [2.45, 2.75) is 18.9 Å². The molecule has 1 atom stereocenters. The van der Waals surface area contributed by atoms with E-state index in [0.717, 1.165) is 39.1 Å². The number of rotatable bonds is 5. The van der Waals surface area contributed by atoms with Crippen LogP contribution < -0.4 is 9.47 Å². The third kappa shape index (κ3) is 3.45. The molecule has 2 aromatic heterocycles. The molecule has 3 heterocycles. The van der Waals surface area contributed by atoms with Crippen LogP contribution in [0.5, 0.6) is 11.5 Å². The van der Waals surface area contributed by atoms with E-state index < -0.39 is 0 Å². The number of para-hydroxylation sites is 1. The third-order valence-corrected chi connectivity index (χ3v) is 7.25. The standard InChI is InChI=1S/C26H26N2O3S/c1-27-16-18(19-7-4-5-8-21(19)27)14-25(29)28-11-10-17-13-22(30-2)23(31-3)15-20(17)26(28)24-9-6-12-32-24/h4-9,12-13,15-16,26H,10-11,14H2,1-3H3. The molecule has 0 N–H and O–H groups in total. The maximum Gasteiger partial charge on any atom is 0.227 e. The van der Waals surface area contributed by atoms with Crippen molar-refractivity contribution in [3.63, 3.8) is 0 Å². The first-order valence-corrected chi connectivity index (χ1v) is 11.6. The van der Waals surface area contributed by atoms with Crippen LogP contribution in [0.4, 0.5) is 0 Å². The summed E-state index contributed by atoms with van der Waals surface area (Å²) >= 11 is 1.68. The lowest BCUT2D eigenvalue weighted by molar-refractivity contribution is -0.132. The summed E-state index contributed by atoms with van der Waals surface area (Å²) in [5, 5.41) is 3.21. The first-order valence-electron chi connectivity index (χ1n) is 10.7. The Balaban J connectivity index is 1.54. The molecule has 32 heavy (non-hydrogen) atoms. The quantitative estimate of drug-likeness (QED) is 0.435. The summed E-state index contributed by atoms with van der Waals surface area (Å²) in [4.78, 5) is 16.9. The second-order valence-electron chi connectivity index (χ2n) is 8.12. The highest BCUT2D eigenvalue weighted by molar-refractivity contribution is 7.10. The highest BCUT2D eigenvalue weighted by Gasteiger charge is 2.34. The van der Waals surface area contributed by atoms with E-state index in [4.69, 9.17) is 9.47 Å². The number of aryl methyl sites for hydroxylation is 1. The summed E-state index contributed by atoms with van der Waals surface area (Å²) in [6, 6.07) is 16.4. The maximum atomic E-state index is 13.7. The summed E-state index contributed by atoms with van der Waals surface area (Å²) in [5.41, 5.74) is 4.53. The lowest BCUT2D eigenvalue weighted by Crippen LogP contribution is -2.41. The van der Waals surface area contributed by atoms with Crippen LogP contribution in [0.25, 0.3) is 10.9 Å². The van der Waals surface area contributed by atoms with Crippen LogP contribution in [-0.2, 0) is 24.7 Å². The zero-order chi connectivity index (χ0) is 22.2. The number of thiophene rings is 1. The van der Waals surface area contributed by atoms with Gasteiger partial charge in [0, 0.05) is 35.6 Å². The maximum absolute atomic E-state index is 13.7. The Hall–Kier alpha value is -3.25. The van der Waals surface area contributed by atoms with Gasteiger partial charge in [-0.1, -0.05) is 24.3 Å². The molecule has 1 aliphatic rings. The number of methoxy groups -OCH3 is 2. The molecule has 4 aromatic rings. The number of hydrogen-bond acceptors (Lipinski definition) is 4. The van der Waals surface area contributed by atoms with Gasteiger partial charge in [-0.2, -0.15) is 0 Å². The molecule has 0 radical (unpaired) electrons. The first-order chi connectivity index (χ1) is 15.6. The number of ether oxygens (including phenoxy) is 2. The van der Waals surface area contributed by atoms with Gasteiger partial charge >= 0.3 is 0 Å². The topological polar surface area (TPSA) is 43.7 Å². The van der Waals surface area contributed by atoms with Crippen molar-refractivity contribution in [2.24, 2.45) is 7.05 Å². The number of benzene rings is 2. The molecule has 0 spiro atoms. The monoisotopic (exact) mass is 446 g/mol. The van der Waals surface area contributed by atoms with Crippen LogP contribution in [0.3, 0.4) is 0 Å². The highest BCUT2D eigenvalue weighted by Crippen LogP contribution is 2.42. The fourth-order valence-corrected chi connectivity index (χ4v) is 5.65. The summed E-state index contributed by atoms with van der Waals surface area (Å²) in [6.07, 6.45) is 3.25. The Labute approximate surface area is 191 Å². The predicted molar refractivity (Wildman–Crippen MR) is 128 cm³/mol. The number of hydrogen-bond donors (Lipinski definition) is 0. The fourth-order valence-electron chi connectivity index (χ4n) is 4.80. The van der Waals surface area contributed by atoms with E-state index in [1.54, 1.807) is 25.6 Å². The zero-order valence-electron chi connectivity index (χ0n) is 18.5. The smallest absolute Gasteiger partial charge is 0.227 e. The van der Waals surface area contributed by atoms with E-state index >= 15 is 0 Å². The molecule has 5 rings (SSSR count). The number of nitrogens with zero attached hydrogens (tertiary/aromatic N) is 2. The van der Waals surface area contributed by atoms with Gasteiger partial charge < -0.3 is 18.9 Å². The van der Waals surface area contributed by atoms with E-state index in [1.807, 2.05) is 36.2 Å². The number of fused-ring (bicyclic) bond motifs is 2. The van der Waals surface area contributed by atoms with Crippen LogP contribution >= 0.6 is 11.3 Å². The van der Waals surface area contributed by atoms with Gasteiger partial charge in [0.1, 0.15) is 0 Å². The molecule has 6 heteroatoms. The largest absolute Gasteiger partial charge is 0.493 e. The van der Waals surface area contributed by atoms with Crippen LogP contribution in [0.1, 0.15) is 27.6 Å². The number of amides is 1. The van der Waals surface area contributed by atoms with Crippen molar-refractivity contribution in [1.82, 2.24) is 9.47 Å². The van der Waals surface area contributed by atoms with E-state index in [2.05, 4.69) is 40.4 Å². The second kappa shape index (κ2) is 8.36. The van der Waals surface area contributed by atoms with Crippen LogP contribution in [-0.4, -0.2) is 36.1 Å². The van der Waals surface area contributed by atoms with Gasteiger partial charge in [-0.15, -0.1) is 11.3 Å². The summed E-state index contributed by atoms with van der Waals surface area (Å²) in [6.45, 7) is 0.675. The lowest BCUT2D eigenvalue weighted by atomic mass is 9.90. The van der Waals surface area contributed by atoms with Crippen LogP contribution in [0, 0.1) is 0 Å². The average Bonchev–Trinajstić information content (AvgIpc) is 3.46. The number of carbonyl (C=O) groups is 1. The molecule has 5 nitrogen and oxygen atoms in total. The Morgan fingerprint density at radius 3 is 2.62 bits per heavy atom. The lowest BCUT2D eigenvalue weighted by Gasteiger charge is -2.37. The fraction of sp³-hybridized carbons (Fsp3) is 0.269. The molecular formula is C26H26N2O3S. The number of aromatic nitrogens is 1.